The number of aromatic nitrogens is 3. The fourth-order valence-corrected chi connectivity index (χ4v) is 3.70. The number of methoxy groups -OCH3 is 1. The summed E-state index contributed by atoms with van der Waals surface area (Å²) < 4.78 is 53.6. The normalized spacial score (nSPS) is 14.7. The molecule has 0 unspecified atom stereocenters. The van der Waals surface area contributed by atoms with Crippen LogP contribution < -0.4 is 25.4 Å². The van der Waals surface area contributed by atoms with Crippen molar-refractivity contribution in [1.29, 1.82) is 0 Å². The molecule has 7 rings (SSSR count). The fourth-order valence-electron chi connectivity index (χ4n) is 3.70. The Balaban J connectivity index is 1.56. The van der Waals surface area contributed by atoms with Crippen molar-refractivity contribution in [3.63, 3.8) is 0 Å². The number of amides is 2. The van der Waals surface area contributed by atoms with E-state index in [1.165, 1.54) is 12.0 Å². The lowest BCUT2D eigenvalue weighted by atomic mass is 10.2. The number of halogens is 3. The van der Waals surface area contributed by atoms with Crippen molar-refractivity contribution in [3.05, 3.63) is 59.7 Å². The third-order valence-corrected chi connectivity index (χ3v) is 5.70. The molecule has 0 atom stereocenters. The van der Waals surface area contributed by atoms with Gasteiger partial charge in [-0.1, -0.05) is 12.1 Å². The summed E-state index contributed by atoms with van der Waals surface area (Å²) in [6.07, 6.45) is -4.56. The molecule has 12 nitrogen and oxygen atoms in total. The van der Waals surface area contributed by atoms with Crippen molar-refractivity contribution < 1.29 is 37.0 Å². The first-order valence-electron chi connectivity index (χ1n) is 12.6. The number of ether oxygens (including phenoxy) is 3. The van der Waals surface area contributed by atoms with Crippen molar-refractivity contribution >= 4 is 29.6 Å². The van der Waals surface area contributed by atoms with Crippen molar-refractivity contribution in [2.24, 2.45) is 0 Å². The molecule has 4 aliphatic rings. The number of carbonyl (C=O) groups excluding carboxylic acids is 2. The molecule has 3 aromatic rings. The molecule has 1 aromatic heterocycles. The van der Waals surface area contributed by atoms with E-state index in [9.17, 15) is 22.8 Å². The smallest absolute Gasteiger partial charge is 0.422 e. The van der Waals surface area contributed by atoms with E-state index in [2.05, 4.69) is 30.9 Å². The standard InChI is InChI=1S/C26H28F3N7O5/c1-39-25(38)36-12-2-14-40-20-9-3-17(4-10-20)15-31-22-33-23(35-24(34-22)41-16-26(27,28)29)32-19-7-5-18(6-8-19)21(37)30-11-13-36/h3-10H,2,11-16H2,1H3,(H,30,37)(H2,31,32,33,34,35). The molecular weight excluding hydrogens is 547 g/mol. The van der Waals surface area contributed by atoms with Gasteiger partial charge < -0.3 is 35.1 Å². The summed E-state index contributed by atoms with van der Waals surface area (Å²) in [4.78, 5) is 38.3. The summed E-state index contributed by atoms with van der Waals surface area (Å²) in [7, 11) is 1.29. The monoisotopic (exact) mass is 575 g/mol. The fraction of sp³-hybridized carbons (Fsp3) is 0.346. The molecule has 2 amide bonds. The SMILES string of the molecule is COC(=O)N1CCCOc2ccc(cc2)CNc2nc(nc(OCC(F)(F)F)n2)Nc2ccc(cc2)C(=O)NCC1. The van der Waals surface area contributed by atoms with Crippen LogP contribution >= 0.6 is 0 Å². The van der Waals surface area contributed by atoms with Crippen LogP contribution in [0.5, 0.6) is 11.8 Å². The van der Waals surface area contributed by atoms with Crippen LogP contribution in [0.25, 0.3) is 0 Å². The topological polar surface area (TPSA) is 140 Å². The van der Waals surface area contributed by atoms with Crippen molar-refractivity contribution in [2.75, 3.05) is 50.6 Å². The third-order valence-electron chi connectivity index (χ3n) is 5.70. The van der Waals surface area contributed by atoms with Gasteiger partial charge in [0.15, 0.2) is 6.61 Å². The molecule has 0 saturated carbocycles. The van der Waals surface area contributed by atoms with E-state index in [4.69, 9.17) is 14.2 Å². The molecule has 6 bridgehead atoms. The average molecular weight is 576 g/mol. The van der Waals surface area contributed by atoms with E-state index in [1.54, 1.807) is 36.4 Å². The highest BCUT2D eigenvalue weighted by atomic mass is 19.4. The summed E-state index contributed by atoms with van der Waals surface area (Å²) >= 11 is 0. The van der Waals surface area contributed by atoms with E-state index >= 15 is 0 Å². The second-order valence-corrected chi connectivity index (χ2v) is 8.78. The van der Waals surface area contributed by atoms with Crippen LogP contribution in [0, 0.1) is 0 Å². The first-order valence-corrected chi connectivity index (χ1v) is 12.6. The Morgan fingerprint density at radius 1 is 1.00 bits per heavy atom. The van der Waals surface area contributed by atoms with Gasteiger partial charge in [0.1, 0.15) is 5.75 Å². The number of anilines is 3. The van der Waals surface area contributed by atoms with Gasteiger partial charge in [-0.05, 0) is 48.4 Å². The number of hydrogen-bond donors (Lipinski definition) is 3. The molecule has 5 heterocycles. The lowest BCUT2D eigenvalue weighted by Crippen LogP contribution is -2.39. The van der Waals surface area contributed by atoms with Crippen LogP contribution in [0.4, 0.5) is 35.5 Å². The van der Waals surface area contributed by atoms with Crippen molar-refractivity contribution in [1.82, 2.24) is 25.2 Å². The molecule has 0 fully saturated rings. The van der Waals surface area contributed by atoms with Crippen LogP contribution in [-0.2, 0) is 11.3 Å². The number of hydrogen-bond acceptors (Lipinski definition) is 10. The van der Waals surface area contributed by atoms with Crippen LogP contribution in [0.15, 0.2) is 48.5 Å². The van der Waals surface area contributed by atoms with Gasteiger partial charge >= 0.3 is 18.3 Å². The molecule has 41 heavy (non-hydrogen) atoms. The average Bonchev–Trinajstić information content (AvgIpc) is 2.96. The van der Waals surface area contributed by atoms with Gasteiger partial charge in [-0.3, -0.25) is 4.79 Å². The van der Waals surface area contributed by atoms with E-state index in [1.807, 2.05) is 12.1 Å². The second kappa shape index (κ2) is 13.5. The van der Waals surface area contributed by atoms with Crippen LogP contribution in [0.2, 0.25) is 0 Å². The summed E-state index contributed by atoms with van der Waals surface area (Å²) in [6.45, 7) is -0.187. The van der Waals surface area contributed by atoms with Gasteiger partial charge in [-0.15, -0.1) is 0 Å². The molecule has 0 aliphatic carbocycles. The van der Waals surface area contributed by atoms with E-state index in [-0.39, 0.29) is 37.4 Å². The minimum Gasteiger partial charge on any atom is -0.494 e. The summed E-state index contributed by atoms with van der Waals surface area (Å²) in [6, 6.07) is 12.9. The first-order chi connectivity index (χ1) is 19.7. The highest BCUT2D eigenvalue weighted by Crippen LogP contribution is 2.21. The number of benzene rings is 2. The molecule has 0 spiro atoms. The van der Waals surface area contributed by atoms with Gasteiger partial charge in [0.05, 0.1) is 13.7 Å². The largest absolute Gasteiger partial charge is 0.494 e. The minimum atomic E-state index is -4.58. The molecule has 3 N–H and O–H groups in total. The number of nitrogens with zero attached hydrogens (tertiary/aromatic N) is 4. The predicted octanol–water partition coefficient (Wildman–Crippen LogP) is 3.75. The zero-order valence-corrected chi connectivity index (χ0v) is 22.0. The maximum Gasteiger partial charge on any atom is 0.422 e. The van der Waals surface area contributed by atoms with Crippen LogP contribution in [0.1, 0.15) is 22.3 Å². The minimum absolute atomic E-state index is 0.00968. The molecule has 4 aliphatic heterocycles. The highest BCUT2D eigenvalue weighted by Gasteiger charge is 2.29. The van der Waals surface area contributed by atoms with Crippen LogP contribution in [-0.4, -0.2) is 78.0 Å². The Labute approximate surface area is 233 Å². The Morgan fingerprint density at radius 2 is 1.73 bits per heavy atom. The van der Waals surface area contributed by atoms with Gasteiger partial charge in [0.25, 0.3) is 5.91 Å². The highest BCUT2D eigenvalue weighted by molar-refractivity contribution is 5.94. The summed E-state index contributed by atoms with van der Waals surface area (Å²) in [5.41, 5.74) is 1.64. The Morgan fingerprint density at radius 3 is 2.44 bits per heavy atom. The van der Waals surface area contributed by atoms with E-state index in [0.717, 1.165) is 5.56 Å². The van der Waals surface area contributed by atoms with Gasteiger partial charge in [0.2, 0.25) is 11.9 Å². The van der Waals surface area contributed by atoms with Gasteiger partial charge in [0, 0.05) is 37.4 Å². The summed E-state index contributed by atoms with van der Waals surface area (Å²) in [5.74, 6) is 0.176. The lowest BCUT2D eigenvalue weighted by Gasteiger charge is -2.21. The zero-order chi connectivity index (χ0) is 29.2. The first kappa shape index (κ1) is 29.2. The lowest BCUT2D eigenvalue weighted by molar-refractivity contribution is -0.154. The molecular formula is C26H28F3N7O5. The van der Waals surface area contributed by atoms with Gasteiger partial charge in [-0.2, -0.15) is 28.1 Å². The molecule has 0 saturated heterocycles. The maximum atomic E-state index is 12.7. The van der Waals surface area contributed by atoms with E-state index in [0.29, 0.717) is 36.6 Å². The summed E-state index contributed by atoms with van der Waals surface area (Å²) in [5, 5.41) is 8.60. The van der Waals surface area contributed by atoms with E-state index < -0.39 is 24.9 Å². The number of carbonyl (C=O) groups is 2. The molecule has 218 valence electrons. The Kier molecular flexibility index (Phi) is 9.60. The third kappa shape index (κ3) is 9.12. The van der Waals surface area contributed by atoms with Crippen molar-refractivity contribution in [2.45, 2.75) is 19.1 Å². The van der Waals surface area contributed by atoms with Gasteiger partial charge in [-0.25, -0.2) is 4.79 Å². The van der Waals surface area contributed by atoms with Crippen LogP contribution in [0.3, 0.4) is 0 Å². The number of nitrogens with one attached hydrogen (secondary N) is 3. The Hall–Kier alpha value is -4.82. The maximum absolute atomic E-state index is 12.7. The zero-order valence-electron chi connectivity index (χ0n) is 22.0. The molecule has 2 aromatic carbocycles. The number of alkyl halides is 3. The number of rotatable bonds is 2. The molecule has 15 heteroatoms. The molecule has 0 radical (unpaired) electrons. The Bertz CT molecular complexity index is 1320. The second-order valence-electron chi connectivity index (χ2n) is 8.78. The quantitative estimate of drug-likeness (QED) is 0.414. The predicted molar refractivity (Wildman–Crippen MR) is 141 cm³/mol. The van der Waals surface area contributed by atoms with Crippen molar-refractivity contribution in [3.8, 4) is 11.8 Å².